The van der Waals surface area contributed by atoms with Gasteiger partial charge in [0, 0.05) is 26.0 Å². The number of carbonyl (C=O) groups excluding carboxylic acids is 2. The molecule has 0 unspecified atom stereocenters. The molecule has 1 N–H and O–H groups in total. The van der Waals surface area contributed by atoms with E-state index in [0.29, 0.717) is 30.3 Å². The highest BCUT2D eigenvalue weighted by atomic mass is 16.5. The number of rotatable bonds is 9. The average Bonchev–Trinajstić information content (AvgIpc) is 2.96. The fourth-order valence-electron chi connectivity index (χ4n) is 3.11. The first kappa shape index (κ1) is 23.0. The summed E-state index contributed by atoms with van der Waals surface area (Å²) in [7, 11) is 3.14. The van der Waals surface area contributed by atoms with E-state index in [2.05, 4.69) is 11.4 Å². The second kappa shape index (κ2) is 10.5. The number of ether oxygens (including phenoxy) is 3. The largest absolute Gasteiger partial charge is 0.496 e. The normalized spacial score (nSPS) is 10.4. The van der Waals surface area contributed by atoms with Crippen molar-refractivity contribution >= 4 is 17.7 Å². The lowest BCUT2D eigenvalue weighted by Gasteiger charge is -2.13. The predicted molar refractivity (Wildman–Crippen MR) is 112 cm³/mol. The van der Waals surface area contributed by atoms with Gasteiger partial charge in [0.1, 0.15) is 17.6 Å². The smallest absolute Gasteiger partial charge is 0.338 e. The summed E-state index contributed by atoms with van der Waals surface area (Å²) < 4.78 is 17.3. The Hall–Kier alpha value is -3.31. The van der Waals surface area contributed by atoms with E-state index in [9.17, 15) is 14.9 Å². The van der Waals surface area contributed by atoms with Gasteiger partial charge in [-0.25, -0.2) is 4.79 Å². The van der Waals surface area contributed by atoms with Crippen LogP contribution >= 0.6 is 0 Å². The Labute approximate surface area is 176 Å². The van der Waals surface area contributed by atoms with E-state index in [4.69, 9.17) is 14.2 Å². The molecule has 2 rings (SSSR count). The molecule has 2 aromatic rings. The van der Waals surface area contributed by atoms with Crippen LogP contribution < -0.4 is 10.1 Å². The van der Waals surface area contributed by atoms with Crippen molar-refractivity contribution in [2.45, 2.75) is 33.7 Å². The monoisotopic (exact) mass is 413 g/mol. The lowest BCUT2D eigenvalue weighted by Crippen LogP contribution is -2.23. The van der Waals surface area contributed by atoms with Gasteiger partial charge in [0.05, 0.1) is 18.2 Å². The van der Waals surface area contributed by atoms with E-state index in [1.54, 1.807) is 25.3 Å². The van der Waals surface area contributed by atoms with Crippen molar-refractivity contribution in [2.75, 3.05) is 32.8 Å². The van der Waals surface area contributed by atoms with Crippen molar-refractivity contribution in [1.82, 2.24) is 4.57 Å². The SMILES string of the molecule is COCCCn1c(C)c(C)c(C#N)c1NC(=O)COC(=O)c1ccc(C)c(OC)c1. The molecule has 0 bridgehead atoms. The van der Waals surface area contributed by atoms with Gasteiger partial charge in [0.2, 0.25) is 0 Å². The average molecular weight is 413 g/mol. The molecule has 0 fully saturated rings. The van der Waals surface area contributed by atoms with Crippen molar-refractivity contribution < 1.29 is 23.8 Å². The summed E-state index contributed by atoms with van der Waals surface area (Å²) in [6.07, 6.45) is 0.726. The number of aryl methyl sites for hydroxylation is 1. The van der Waals surface area contributed by atoms with Crippen LogP contribution in [0, 0.1) is 32.1 Å². The number of nitrogens with one attached hydrogen (secondary N) is 1. The lowest BCUT2D eigenvalue weighted by molar-refractivity contribution is -0.119. The molecule has 1 aromatic heterocycles. The summed E-state index contributed by atoms with van der Waals surface area (Å²) in [6, 6.07) is 7.06. The maximum atomic E-state index is 12.4. The van der Waals surface area contributed by atoms with E-state index >= 15 is 0 Å². The molecule has 30 heavy (non-hydrogen) atoms. The van der Waals surface area contributed by atoms with Gasteiger partial charge in [0.25, 0.3) is 5.91 Å². The Kier molecular flexibility index (Phi) is 8.01. The number of hydrogen-bond donors (Lipinski definition) is 1. The highest BCUT2D eigenvalue weighted by Crippen LogP contribution is 2.26. The molecular formula is C22H27N3O5. The zero-order chi connectivity index (χ0) is 22.3. The van der Waals surface area contributed by atoms with Crippen LogP contribution in [-0.4, -0.2) is 43.9 Å². The highest BCUT2D eigenvalue weighted by molar-refractivity contribution is 5.96. The molecule has 160 valence electrons. The van der Waals surface area contributed by atoms with Crippen molar-refractivity contribution in [1.29, 1.82) is 5.26 Å². The third-order valence-corrected chi connectivity index (χ3v) is 4.91. The number of anilines is 1. The first-order valence-electron chi connectivity index (χ1n) is 9.54. The Morgan fingerprint density at radius 3 is 2.57 bits per heavy atom. The molecule has 0 aliphatic carbocycles. The van der Waals surface area contributed by atoms with Crippen LogP contribution in [-0.2, 0) is 20.8 Å². The van der Waals surface area contributed by atoms with E-state index in [1.165, 1.54) is 7.11 Å². The molecule has 8 heteroatoms. The van der Waals surface area contributed by atoms with Crippen LogP contribution in [0.25, 0.3) is 0 Å². The number of aromatic nitrogens is 1. The molecule has 1 aromatic carbocycles. The van der Waals surface area contributed by atoms with Crippen LogP contribution in [0.2, 0.25) is 0 Å². The molecule has 0 saturated carbocycles. The Morgan fingerprint density at radius 1 is 1.20 bits per heavy atom. The maximum absolute atomic E-state index is 12.4. The summed E-state index contributed by atoms with van der Waals surface area (Å²) in [6.45, 7) is 6.26. The van der Waals surface area contributed by atoms with Gasteiger partial charge >= 0.3 is 5.97 Å². The topological polar surface area (TPSA) is 103 Å². The lowest BCUT2D eigenvalue weighted by atomic mass is 10.1. The van der Waals surface area contributed by atoms with E-state index in [0.717, 1.165) is 23.2 Å². The van der Waals surface area contributed by atoms with Crippen molar-refractivity contribution in [3.05, 3.63) is 46.1 Å². The third kappa shape index (κ3) is 5.19. The molecule has 0 saturated heterocycles. The second-order valence-corrected chi connectivity index (χ2v) is 6.85. The zero-order valence-corrected chi connectivity index (χ0v) is 18.0. The molecule has 0 spiro atoms. The van der Waals surface area contributed by atoms with Gasteiger partial charge < -0.3 is 24.1 Å². The van der Waals surface area contributed by atoms with Crippen molar-refractivity contribution in [3.63, 3.8) is 0 Å². The summed E-state index contributed by atoms with van der Waals surface area (Å²) >= 11 is 0. The first-order chi connectivity index (χ1) is 14.3. The van der Waals surface area contributed by atoms with E-state index in [-0.39, 0.29) is 5.56 Å². The van der Waals surface area contributed by atoms with Crippen molar-refractivity contribution in [2.24, 2.45) is 0 Å². The molecule has 0 aliphatic heterocycles. The van der Waals surface area contributed by atoms with Crippen LogP contribution in [0.4, 0.5) is 5.82 Å². The Balaban J connectivity index is 2.10. The number of esters is 1. The molecule has 0 atom stereocenters. The van der Waals surface area contributed by atoms with Gasteiger partial charge in [-0.1, -0.05) is 6.07 Å². The maximum Gasteiger partial charge on any atom is 0.338 e. The molecule has 0 aliphatic rings. The second-order valence-electron chi connectivity index (χ2n) is 6.85. The fraction of sp³-hybridized carbons (Fsp3) is 0.409. The van der Waals surface area contributed by atoms with Crippen LogP contribution in [0.3, 0.4) is 0 Å². The fourth-order valence-corrected chi connectivity index (χ4v) is 3.11. The number of nitriles is 1. The van der Waals surface area contributed by atoms with Crippen molar-refractivity contribution in [3.8, 4) is 11.8 Å². The number of hydrogen-bond acceptors (Lipinski definition) is 6. The van der Waals surface area contributed by atoms with Crippen LogP contribution in [0.1, 0.15) is 39.2 Å². The van der Waals surface area contributed by atoms with Crippen LogP contribution in [0.15, 0.2) is 18.2 Å². The number of nitrogens with zero attached hydrogens (tertiary/aromatic N) is 2. The molecule has 8 nitrogen and oxygen atoms in total. The Morgan fingerprint density at radius 2 is 1.93 bits per heavy atom. The Bertz CT molecular complexity index is 972. The summed E-state index contributed by atoms with van der Waals surface area (Å²) in [5, 5.41) is 12.2. The molecular weight excluding hydrogens is 386 g/mol. The van der Waals surface area contributed by atoms with E-state index < -0.39 is 18.5 Å². The van der Waals surface area contributed by atoms with E-state index in [1.807, 2.05) is 25.3 Å². The third-order valence-electron chi connectivity index (χ3n) is 4.91. The van der Waals surface area contributed by atoms with Crippen LogP contribution in [0.5, 0.6) is 5.75 Å². The summed E-state index contributed by atoms with van der Waals surface area (Å²) in [4.78, 5) is 24.7. The minimum Gasteiger partial charge on any atom is -0.496 e. The summed E-state index contributed by atoms with van der Waals surface area (Å²) in [5.74, 6) is -0.190. The number of benzene rings is 1. The van der Waals surface area contributed by atoms with Gasteiger partial charge in [-0.3, -0.25) is 4.79 Å². The zero-order valence-electron chi connectivity index (χ0n) is 18.0. The standard InChI is InChI=1S/C22H27N3O5/c1-14-7-8-17(11-19(14)29-5)22(27)30-13-20(26)24-21-18(12-23)15(2)16(3)25(21)9-6-10-28-4/h7-8,11H,6,9-10,13H2,1-5H3,(H,24,26). The molecule has 1 heterocycles. The molecule has 0 radical (unpaired) electrons. The molecule has 1 amide bonds. The quantitative estimate of drug-likeness (QED) is 0.500. The number of methoxy groups -OCH3 is 2. The van der Waals surface area contributed by atoms with Gasteiger partial charge in [0.15, 0.2) is 6.61 Å². The first-order valence-corrected chi connectivity index (χ1v) is 9.54. The van der Waals surface area contributed by atoms with Gasteiger partial charge in [-0.15, -0.1) is 0 Å². The minimum absolute atomic E-state index is 0.289. The van der Waals surface area contributed by atoms with Gasteiger partial charge in [-0.2, -0.15) is 5.26 Å². The number of amides is 1. The predicted octanol–water partition coefficient (Wildman–Crippen LogP) is 3.13. The number of carbonyl (C=O) groups is 2. The summed E-state index contributed by atoms with van der Waals surface area (Å²) in [5.41, 5.74) is 3.26. The highest BCUT2D eigenvalue weighted by Gasteiger charge is 2.20. The van der Waals surface area contributed by atoms with Gasteiger partial charge in [-0.05, 0) is 50.5 Å². The minimum atomic E-state index is -0.633.